The molecule has 1 atom stereocenters. The first-order chi connectivity index (χ1) is 14.8. The SMILES string of the molecule is CN1CC(NC(=O)NCCc2c(-c3ccc(F)cc3)[nH]c3c(F)cc(F)cc23)CC1=O. The molecular weight excluding hydrogens is 409 g/mol. The van der Waals surface area contributed by atoms with Crippen molar-refractivity contribution >= 4 is 22.8 Å². The molecule has 1 aliphatic rings. The number of aromatic nitrogens is 1. The number of benzene rings is 2. The number of nitrogens with one attached hydrogen (secondary N) is 3. The maximum absolute atomic E-state index is 14.3. The van der Waals surface area contributed by atoms with Crippen molar-refractivity contribution in [3.8, 4) is 11.3 Å². The van der Waals surface area contributed by atoms with Crippen molar-refractivity contribution in [2.45, 2.75) is 18.9 Å². The fourth-order valence-corrected chi connectivity index (χ4v) is 3.89. The highest BCUT2D eigenvalue weighted by atomic mass is 19.1. The quantitative estimate of drug-likeness (QED) is 0.581. The number of hydrogen-bond acceptors (Lipinski definition) is 2. The van der Waals surface area contributed by atoms with Gasteiger partial charge >= 0.3 is 6.03 Å². The van der Waals surface area contributed by atoms with Crippen molar-refractivity contribution in [1.29, 1.82) is 0 Å². The number of halogens is 3. The topological polar surface area (TPSA) is 77.2 Å². The molecule has 1 unspecified atom stereocenters. The highest BCUT2D eigenvalue weighted by Crippen LogP contribution is 2.32. The third-order valence-corrected chi connectivity index (χ3v) is 5.40. The summed E-state index contributed by atoms with van der Waals surface area (Å²) in [5.41, 5.74) is 1.90. The average molecular weight is 430 g/mol. The molecule has 1 aromatic heterocycles. The van der Waals surface area contributed by atoms with Crippen molar-refractivity contribution in [3.05, 3.63) is 59.4 Å². The van der Waals surface area contributed by atoms with Gasteiger partial charge in [-0.1, -0.05) is 0 Å². The number of likely N-dealkylation sites (tertiary alicyclic amines) is 1. The largest absolute Gasteiger partial charge is 0.352 e. The molecule has 0 radical (unpaired) electrons. The lowest BCUT2D eigenvalue weighted by Crippen LogP contribution is -2.43. The molecule has 6 nitrogen and oxygen atoms in total. The lowest BCUT2D eigenvalue weighted by molar-refractivity contribution is -0.126. The van der Waals surface area contributed by atoms with Gasteiger partial charge in [0, 0.05) is 43.7 Å². The van der Waals surface area contributed by atoms with Gasteiger partial charge in [0.15, 0.2) is 0 Å². The van der Waals surface area contributed by atoms with E-state index in [9.17, 15) is 22.8 Å². The van der Waals surface area contributed by atoms with Crippen molar-refractivity contribution in [3.63, 3.8) is 0 Å². The second kappa shape index (κ2) is 8.33. The molecule has 1 saturated heterocycles. The van der Waals surface area contributed by atoms with Gasteiger partial charge in [0.1, 0.15) is 17.5 Å². The predicted molar refractivity (Wildman–Crippen MR) is 110 cm³/mol. The minimum absolute atomic E-state index is 0.0305. The highest BCUT2D eigenvalue weighted by Gasteiger charge is 2.27. The zero-order valence-corrected chi connectivity index (χ0v) is 16.8. The Morgan fingerprint density at radius 3 is 2.58 bits per heavy atom. The molecule has 0 aliphatic carbocycles. The van der Waals surface area contributed by atoms with Crippen LogP contribution >= 0.6 is 0 Å². The van der Waals surface area contributed by atoms with Crippen LogP contribution in [0, 0.1) is 17.5 Å². The molecule has 31 heavy (non-hydrogen) atoms. The summed E-state index contributed by atoms with van der Waals surface area (Å²) in [6.45, 7) is 0.642. The van der Waals surface area contributed by atoms with Crippen LogP contribution in [0.25, 0.3) is 22.2 Å². The molecule has 2 aromatic carbocycles. The molecule has 2 heterocycles. The molecule has 0 spiro atoms. The fourth-order valence-electron chi connectivity index (χ4n) is 3.89. The number of carbonyl (C=O) groups is 2. The van der Waals surface area contributed by atoms with Gasteiger partial charge in [-0.2, -0.15) is 0 Å². The van der Waals surface area contributed by atoms with E-state index in [2.05, 4.69) is 15.6 Å². The monoisotopic (exact) mass is 430 g/mol. The summed E-state index contributed by atoms with van der Waals surface area (Å²) in [6.07, 6.45) is 0.534. The molecule has 3 N–H and O–H groups in total. The summed E-state index contributed by atoms with van der Waals surface area (Å²) in [4.78, 5) is 28.3. The van der Waals surface area contributed by atoms with Crippen LogP contribution in [-0.2, 0) is 11.2 Å². The number of H-pyrrole nitrogens is 1. The van der Waals surface area contributed by atoms with E-state index in [-0.39, 0.29) is 36.9 Å². The summed E-state index contributed by atoms with van der Waals surface area (Å²) in [6, 6.07) is 7.01. The maximum Gasteiger partial charge on any atom is 0.315 e. The Kier molecular flexibility index (Phi) is 5.58. The Labute approximate surface area is 176 Å². The van der Waals surface area contributed by atoms with Crippen LogP contribution in [0.15, 0.2) is 36.4 Å². The Balaban J connectivity index is 1.53. The number of urea groups is 1. The molecule has 9 heteroatoms. The van der Waals surface area contributed by atoms with Crippen molar-refractivity contribution in [1.82, 2.24) is 20.5 Å². The van der Waals surface area contributed by atoms with Crippen molar-refractivity contribution < 1.29 is 22.8 Å². The number of amides is 3. The predicted octanol–water partition coefficient (Wildman–Crippen LogP) is 3.32. The number of aromatic amines is 1. The van der Waals surface area contributed by atoms with E-state index in [1.165, 1.54) is 18.2 Å². The number of carbonyl (C=O) groups excluding carboxylic acids is 2. The first kappa shape index (κ1) is 20.8. The number of hydrogen-bond donors (Lipinski definition) is 3. The molecule has 1 aliphatic heterocycles. The van der Waals surface area contributed by atoms with Gasteiger partial charge in [-0.3, -0.25) is 4.79 Å². The molecular formula is C22H21F3N4O2. The zero-order chi connectivity index (χ0) is 22.1. The van der Waals surface area contributed by atoms with Gasteiger partial charge in [-0.25, -0.2) is 18.0 Å². The Morgan fingerprint density at radius 1 is 1.16 bits per heavy atom. The third kappa shape index (κ3) is 4.35. The second-order valence-electron chi connectivity index (χ2n) is 7.62. The van der Waals surface area contributed by atoms with Crippen LogP contribution in [0.5, 0.6) is 0 Å². The molecule has 3 aromatic rings. The van der Waals surface area contributed by atoms with Gasteiger partial charge in [0.05, 0.1) is 11.6 Å². The molecule has 4 rings (SSSR count). The minimum atomic E-state index is -0.731. The molecule has 162 valence electrons. The normalized spacial score (nSPS) is 16.2. The number of likely N-dealkylation sites (N-methyl/N-ethyl adjacent to an activating group) is 1. The van der Waals surface area contributed by atoms with Gasteiger partial charge in [-0.05, 0) is 47.9 Å². The van der Waals surface area contributed by atoms with Crippen molar-refractivity contribution in [2.24, 2.45) is 0 Å². The Bertz CT molecular complexity index is 1140. The van der Waals surface area contributed by atoms with E-state index in [1.807, 2.05) is 0 Å². The zero-order valence-electron chi connectivity index (χ0n) is 16.8. The lowest BCUT2D eigenvalue weighted by Gasteiger charge is -2.13. The highest BCUT2D eigenvalue weighted by molar-refractivity contribution is 5.91. The minimum Gasteiger partial charge on any atom is -0.352 e. The van der Waals surface area contributed by atoms with E-state index in [1.54, 1.807) is 24.1 Å². The summed E-state index contributed by atoms with van der Waals surface area (Å²) in [5.74, 6) is -1.88. The van der Waals surface area contributed by atoms with Gasteiger partial charge in [0.2, 0.25) is 5.91 Å². The lowest BCUT2D eigenvalue weighted by atomic mass is 10.0. The van der Waals surface area contributed by atoms with E-state index in [4.69, 9.17) is 0 Å². The van der Waals surface area contributed by atoms with Gasteiger partial charge in [-0.15, -0.1) is 0 Å². The van der Waals surface area contributed by atoms with E-state index in [0.29, 0.717) is 28.8 Å². The maximum atomic E-state index is 14.3. The Morgan fingerprint density at radius 2 is 1.90 bits per heavy atom. The Hall–Kier alpha value is -3.49. The van der Waals surface area contributed by atoms with E-state index < -0.39 is 23.5 Å². The second-order valence-corrected chi connectivity index (χ2v) is 7.62. The summed E-state index contributed by atoms with van der Waals surface area (Å²) in [5, 5.41) is 5.83. The van der Waals surface area contributed by atoms with Crippen LogP contribution in [-0.4, -0.2) is 48.0 Å². The third-order valence-electron chi connectivity index (χ3n) is 5.40. The van der Waals surface area contributed by atoms with Crippen LogP contribution in [0.1, 0.15) is 12.0 Å². The van der Waals surface area contributed by atoms with Crippen molar-refractivity contribution in [2.75, 3.05) is 20.1 Å². The van der Waals surface area contributed by atoms with Crippen LogP contribution in [0.3, 0.4) is 0 Å². The smallest absolute Gasteiger partial charge is 0.315 e. The first-order valence-corrected chi connectivity index (χ1v) is 9.85. The molecule has 0 saturated carbocycles. The van der Waals surface area contributed by atoms with Crippen LogP contribution in [0.2, 0.25) is 0 Å². The number of nitrogens with zero attached hydrogens (tertiary/aromatic N) is 1. The van der Waals surface area contributed by atoms with Crippen LogP contribution < -0.4 is 10.6 Å². The number of fused-ring (bicyclic) bond motifs is 1. The standard InChI is InChI=1S/C22H21F3N4O2/c1-29-11-15(10-19(29)30)27-22(31)26-7-6-16-17-8-14(24)9-18(25)21(17)28-20(16)12-2-4-13(23)5-3-12/h2-5,8-9,15,28H,6-7,10-11H2,1H3,(H2,26,27,31). The molecule has 1 fully saturated rings. The first-order valence-electron chi connectivity index (χ1n) is 9.85. The number of rotatable bonds is 5. The fraction of sp³-hybridized carbons (Fsp3) is 0.273. The van der Waals surface area contributed by atoms with Crippen LogP contribution in [0.4, 0.5) is 18.0 Å². The van der Waals surface area contributed by atoms with Gasteiger partial charge < -0.3 is 20.5 Å². The molecule has 0 bridgehead atoms. The summed E-state index contributed by atoms with van der Waals surface area (Å²) in [7, 11) is 1.67. The summed E-state index contributed by atoms with van der Waals surface area (Å²) >= 11 is 0. The van der Waals surface area contributed by atoms with E-state index >= 15 is 0 Å². The average Bonchev–Trinajstić information content (AvgIpc) is 3.22. The summed E-state index contributed by atoms with van der Waals surface area (Å²) < 4.78 is 41.5. The molecule has 3 amide bonds. The van der Waals surface area contributed by atoms with E-state index in [0.717, 1.165) is 6.07 Å². The van der Waals surface area contributed by atoms with Gasteiger partial charge in [0.25, 0.3) is 0 Å².